The molecule has 0 bridgehead atoms. The molecule has 0 radical (unpaired) electrons. The van der Waals surface area contributed by atoms with Crippen LogP contribution in [0.4, 0.5) is 0 Å². The normalized spacial score (nSPS) is 11.4. The van der Waals surface area contributed by atoms with E-state index in [9.17, 15) is 5.11 Å². The third-order valence-corrected chi connectivity index (χ3v) is 3.01. The number of aromatic hydroxyl groups is 1. The van der Waals surface area contributed by atoms with Crippen LogP contribution in [0.1, 0.15) is 0 Å². The topological polar surface area (TPSA) is 33.4 Å². The van der Waals surface area contributed by atoms with Crippen LogP contribution in [0.25, 0.3) is 21.1 Å². The Kier molecular flexibility index (Phi) is 1.21. The van der Waals surface area contributed by atoms with Crippen LogP contribution in [0, 0.1) is 0 Å². The number of rotatable bonds is 0. The van der Waals surface area contributed by atoms with E-state index < -0.39 is 0 Å². The smallest absolute Gasteiger partial charge is 0.161 e. The summed E-state index contributed by atoms with van der Waals surface area (Å²) in [6, 6.07) is 5.94. The Balaban J connectivity index is 2.59. The Bertz CT molecular complexity index is 577. The molecule has 0 saturated carbocycles. The lowest BCUT2D eigenvalue weighted by molar-refractivity contribution is 0.464. The first-order valence-corrected chi connectivity index (χ1v) is 4.80. The highest BCUT2D eigenvalue weighted by Gasteiger charge is 2.05. The van der Waals surface area contributed by atoms with E-state index in [0.717, 1.165) is 16.4 Å². The molecule has 2 heterocycles. The molecular formula is C10H6O2S. The van der Waals surface area contributed by atoms with Crippen molar-refractivity contribution in [3.63, 3.8) is 0 Å². The van der Waals surface area contributed by atoms with Crippen molar-refractivity contribution in [3.05, 3.63) is 29.8 Å². The second-order valence-electron chi connectivity index (χ2n) is 2.93. The summed E-state index contributed by atoms with van der Waals surface area (Å²) in [5, 5.41) is 13.4. The number of hydrogen-bond acceptors (Lipinski definition) is 3. The first-order valence-electron chi connectivity index (χ1n) is 3.92. The van der Waals surface area contributed by atoms with E-state index in [2.05, 4.69) is 0 Å². The fourth-order valence-electron chi connectivity index (χ4n) is 1.47. The summed E-state index contributed by atoms with van der Waals surface area (Å²) in [6.07, 6.45) is 1.37. The van der Waals surface area contributed by atoms with Crippen molar-refractivity contribution < 1.29 is 9.52 Å². The van der Waals surface area contributed by atoms with Gasteiger partial charge in [0.1, 0.15) is 11.8 Å². The zero-order valence-electron chi connectivity index (χ0n) is 6.65. The van der Waals surface area contributed by atoms with Gasteiger partial charge in [-0.25, -0.2) is 0 Å². The van der Waals surface area contributed by atoms with Crippen LogP contribution in [0.3, 0.4) is 0 Å². The summed E-state index contributed by atoms with van der Waals surface area (Å²) in [5.41, 5.74) is 0.739. The zero-order chi connectivity index (χ0) is 8.84. The molecule has 0 aliphatic rings. The maximum atomic E-state index is 9.42. The molecule has 2 nitrogen and oxygen atoms in total. The van der Waals surface area contributed by atoms with Crippen LogP contribution in [-0.2, 0) is 0 Å². The van der Waals surface area contributed by atoms with Gasteiger partial charge in [0.25, 0.3) is 0 Å². The van der Waals surface area contributed by atoms with Gasteiger partial charge in [0, 0.05) is 4.70 Å². The van der Waals surface area contributed by atoms with E-state index >= 15 is 0 Å². The number of hydrogen-bond donors (Lipinski definition) is 1. The zero-order valence-corrected chi connectivity index (χ0v) is 7.47. The number of thiophene rings is 1. The van der Waals surface area contributed by atoms with Gasteiger partial charge in [0.2, 0.25) is 0 Å². The summed E-state index contributed by atoms with van der Waals surface area (Å²) in [5.74, 6) is 0.213. The maximum absolute atomic E-state index is 9.42. The Morgan fingerprint density at radius 1 is 1.31 bits per heavy atom. The predicted octanol–water partition coefficient (Wildman–Crippen LogP) is 3.35. The van der Waals surface area contributed by atoms with Crippen molar-refractivity contribution in [2.24, 2.45) is 0 Å². The largest absolute Gasteiger partial charge is 0.504 e. The van der Waals surface area contributed by atoms with Crippen molar-refractivity contribution in [2.45, 2.75) is 0 Å². The predicted molar refractivity (Wildman–Crippen MR) is 53.3 cm³/mol. The molecule has 0 spiro atoms. The lowest BCUT2D eigenvalue weighted by Gasteiger charge is -1.90. The SMILES string of the molecule is Oc1coc2cc3ccsc3cc12. The van der Waals surface area contributed by atoms with Gasteiger partial charge in [-0.15, -0.1) is 11.3 Å². The van der Waals surface area contributed by atoms with Crippen molar-refractivity contribution >= 4 is 32.4 Å². The first kappa shape index (κ1) is 6.97. The Labute approximate surface area is 78.0 Å². The van der Waals surface area contributed by atoms with Crippen LogP contribution >= 0.6 is 11.3 Å². The third-order valence-electron chi connectivity index (χ3n) is 2.13. The molecule has 0 unspecified atom stereocenters. The molecule has 0 aliphatic heterocycles. The highest BCUT2D eigenvalue weighted by Crippen LogP contribution is 2.32. The van der Waals surface area contributed by atoms with Crippen molar-refractivity contribution in [2.75, 3.05) is 0 Å². The second kappa shape index (κ2) is 2.26. The molecule has 3 rings (SSSR count). The lowest BCUT2D eigenvalue weighted by atomic mass is 10.2. The summed E-state index contributed by atoms with van der Waals surface area (Å²) in [7, 11) is 0. The third kappa shape index (κ3) is 0.876. The summed E-state index contributed by atoms with van der Waals surface area (Å²) < 4.78 is 6.35. The molecule has 1 aromatic carbocycles. The van der Waals surface area contributed by atoms with Crippen LogP contribution in [0.5, 0.6) is 5.75 Å². The quantitative estimate of drug-likeness (QED) is 0.589. The molecule has 13 heavy (non-hydrogen) atoms. The minimum atomic E-state index is 0.213. The van der Waals surface area contributed by atoms with E-state index in [4.69, 9.17) is 4.42 Å². The maximum Gasteiger partial charge on any atom is 0.161 e. The minimum absolute atomic E-state index is 0.213. The Morgan fingerprint density at radius 2 is 2.23 bits per heavy atom. The average molecular weight is 190 g/mol. The van der Waals surface area contributed by atoms with Crippen molar-refractivity contribution in [3.8, 4) is 5.75 Å². The minimum Gasteiger partial charge on any atom is -0.504 e. The first-order chi connectivity index (χ1) is 6.34. The van der Waals surface area contributed by atoms with Gasteiger partial charge >= 0.3 is 0 Å². The van der Waals surface area contributed by atoms with Gasteiger partial charge in [-0.05, 0) is 29.0 Å². The number of fused-ring (bicyclic) bond motifs is 2. The highest BCUT2D eigenvalue weighted by atomic mass is 32.1. The molecule has 3 aromatic rings. The summed E-state index contributed by atoms with van der Waals surface area (Å²) in [6.45, 7) is 0. The molecule has 0 fully saturated rings. The van der Waals surface area contributed by atoms with Crippen molar-refractivity contribution in [1.82, 2.24) is 0 Å². The van der Waals surface area contributed by atoms with Crippen LogP contribution in [0.15, 0.2) is 34.3 Å². The molecule has 2 aromatic heterocycles. The van der Waals surface area contributed by atoms with Gasteiger partial charge in [-0.1, -0.05) is 0 Å². The van der Waals surface area contributed by atoms with Gasteiger partial charge < -0.3 is 9.52 Å². The standard InChI is InChI=1S/C10H6O2S/c11-8-5-12-9-3-6-1-2-13-10(6)4-7(8)9/h1-5,11H. The van der Waals surface area contributed by atoms with Gasteiger partial charge in [-0.3, -0.25) is 0 Å². The van der Waals surface area contributed by atoms with Gasteiger partial charge in [0.15, 0.2) is 5.75 Å². The Hall–Kier alpha value is -1.48. The summed E-state index contributed by atoms with van der Waals surface area (Å²) in [4.78, 5) is 0. The van der Waals surface area contributed by atoms with Gasteiger partial charge in [0.05, 0.1) is 5.39 Å². The lowest BCUT2D eigenvalue weighted by Crippen LogP contribution is -1.64. The second-order valence-corrected chi connectivity index (χ2v) is 3.88. The van der Waals surface area contributed by atoms with Crippen LogP contribution in [-0.4, -0.2) is 5.11 Å². The molecular weight excluding hydrogens is 184 g/mol. The van der Waals surface area contributed by atoms with Crippen molar-refractivity contribution in [1.29, 1.82) is 0 Å². The molecule has 0 amide bonds. The molecule has 64 valence electrons. The summed E-state index contributed by atoms with van der Waals surface area (Å²) >= 11 is 1.66. The fourth-order valence-corrected chi connectivity index (χ4v) is 2.28. The average Bonchev–Trinajstić information content (AvgIpc) is 2.70. The van der Waals surface area contributed by atoms with E-state index in [1.807, 2.05) is 23.6 Å². The van der Waals surface area contributed by atoms with Crippen LogP contribution in [0.2, 0.25) is 0 Å². The van der Waals surface area contributed by atoms with E-state index in [0.29, 0.717) is 0 Å². The monoisotopic (exact) mass is 190 g/mol. The van der Waals surface area contributed by atoms with E-state index in [1.165, 1.54) is 11.0 Å². The number of benzene rings is 1. The molecule has 3 heteroatoms. The van der Waals surface area contributed by atoms with Gasteiger partial charge in [-0.2, -0.15) is 0 Å². The molecule has 0 atom stereocenters. The van der Waals surface area contributed by atoms with E-state index in [1.54, 1.807) is 11.3 Å². The van der Waals surface area contributed by atoms with E-state index in [-0.39, 0.29) is 5.75 Å². The molecule has 0 aliphatic carbocycles. The Morgan fingerprint density at radius 3 is 3.15 bits per heavy atom. The molecule has 1 N–H and O–H groups in total. The highest BCUT2D eigenvalue weighted by molar-refractivity contribution is 7.17. The number of furan rings is 1. The van der Waals surface area contributed by atoms with Crippen LogP contribution < -0.4 is 0 Å². The fraction of sp³-hybridized carbons (Fsp3) is 0. The molecule has 0 saturated heterocycles.